The first-order valence-corrected chi connectivity index (χ1v) is 15.9. The van der Waals surface area contributed by atoms with E-state index < -0.39 is 6.98 Å². The molecule has 0 unspecified atom stereocenters. The van der Waals surface area contributed by atoms with Gasteiger partial charge in [0.1, 0.15) is 23.0 Å². The SMILES string of the molecule is [2H]C([2H])([2H])[n+]1cn(-c2cc(Oc3ccc4c5ccccc5n(-c5cc(C(C)(C)C)ccn5)c4c3)cc(C(C)(C)C)c2)c2cc(C)c(C)cc21. The Bertz CT molecular complexity index is 2400. The summed E-state index contributed by atoms with van der Waals surface area (Å²) >= 11 is 0. The molecule has 0 aliphatic carbocycles. The van der Waals surface area contributed by atoms with E-state index in [2.05, 4.69) is 120 Å². The van der Waals surface area contributed by atoms with E-state index in [-0.39, 0.29) is 10.8 Å². The van der Waals surface area contributed by atoms with Crippen LogP contribution in [0.2, 0.25) is 0 Å². The molecule has 0 aliphatic rings. The summed E-state index contributed by atoms with van der Waals surface area (Å²) in [6.07, 6.45) is 3.57. The number of fused-ring (bicyclic) bond motifs is 4. The molecule has 0 amide bonds. The lowest BCUT2D eigenvalue weighted by molar-refractivity contribution is -0.645. The number of hydrogen-bond acceptors (Lipinski definition) is 2. The highest BCUT2D eigenvalue weighted by Crippen LogP contribution is 2.37. The second-order valence-electron chi connectivity index (χ2n) is 14.5. The molecular weight excluding hydrogens is 564 g/mol. The van der Waals surface area contributed by atoms with Gasteiger partial charge in [-0.1, -0.05) is 59.7 Å². The summed E-state index contributed by atoms with van der Waals surface area (Å²) in [6, 6.07) is 29.1. The van der Waals surface area contributed by atoms with E-state index in [4.69, 9.17) is 13.8 Å². The minimum absolute atomic E-state index is 0.0220. The fourth-order valence-electron chi connectivity index (χ4n) is 6.24. The van der Waals surface area contributed by atoms with Crippen molar-refractivity contribution in [3.63, 3.8) is 0 Å². The lowest BCUT2D eigenvalue weighted by Crippen LogP contribution is -2.25. The minimum atomic E-state index is -2.33. The van der Waals surface area contributed by atoms with Crippen molar-refractivity contribution in [2.45, 2.75) is 66.2 Å². The van der Waals surface area contributed by atoms with E-state index in [1.165, 1.54) is 10.1 Å². The lowest BCUT2D eigenvalue weighted by atomic mass is 9.86. The van der Waals surface area contributed by atoms with Crippen molar-refractivity contribution in [2.75, 3.05) is 0 Å². The molecule has 0 saturated carbocycles. The lowest BCUT2D eigenvalue weighted by Gasteiger charge is -2.21. The summed E-state index contributed by atoms with van der Waals surface area (Å²) in [5.41, 5.74) is 8.62. The predicted molar refractivity (Wildman–Crippen MR) is 190 cm³/mol. The summed E-state index contributed by atoms with van der Waals surface area (Å²) in [4.78, 5) is 4.83. The average molecular weight is 611 g/mol. The van der Waals surface area contributed by atoms with Crippen molar-refractivity contribution in [1.82, 2.24) is 14.1 Å². The zero-order valence-electron chi connectivity index (χ0n) is 30.9. The maximum atomic E-state index is 8.27. The van der Waals surface area contributed by atoms with Crippen LogP contribution in [0.3, 0.4) is 0 Å². The maximum absolute atomic E-state index is 8.27. The average Bonchev–Trinajstić information content (AvgIpc) is 3.56. The monoisotopic (exact) mass is 610 g/mol. The number of pyridine rings is 1. The normalized spacial score (nSPS) is 13.7. The molecule has 5 nitrogen and oxygen atoms in total. The second-order valence-corrected chi connectivity index (χ2v) is 14.5. The van der Waals surface area contributed by atoms with Crippen molar-refractivity contribution < 1.29 is 13.4 Å². The molecular formula is C41H43N4O+. The molecule has 7 aromatic rings. The van der Waals surface area contributed by atoms with Gasteiger partial charge in [0, 0.05) is 29.1 Å². The number of aromatic nitrogens is 4. The van der Waals surface area contributed by atoms with Gasteiger partial charge in [-0.25, -0.2) is 9.55 Å². The zero-order valence-corrected chi connectivity index (χ0v) is 27.9. The summed E-state index contributed by atoms with van der Waals surface area (Å²) in [7, 11) is 0. The zero-order chi connectivity index (χ0) is 35.0. The molecule has 0 N–H and O–H groups in total. The van der Waals surface area contributed by atoms with Crippen LogP contribution < -0.4 is 9.30 Å². The van der Waals surface area contributed by atoms with Gasteiger partial charge in [-0.3, -0.25) is 4.57 Å². The van der Waals surface area contributed by atoms with E-state index >= 15 is 0 Å². The van der Waals surface area contributed by atoms with Crippen LogP contribution in [0, 0.1) is 13.8 Å². The van der Waals surface area contributed by atoms with Gasteiger partial charge in [0.05, 0.1) is 22.1 Å². The maximum Gasteiger partial charge on any atom is 0.249 e. The first-order chi connectivity index (χ1) is 23.0. The van der Waals surface area contributed by atoms with Gasteiger partial charge >= 0.3 is 0 Å². The van der Waals surface area contributed by atoms with Gasteiger partial charge in [-0.2, -0.15) is 4.57 Å². The Kier molecular flexibility index (Phi) is 6.06. The largest absolute Gasteiger partial charge is 0.457 e. The Hall–Kier alpha value is -4.90. The van der Waals surface area contributed by atoms with Crippen LogP contribution in [0.1, 0.15) is 67.9 Å². The highest BCUT2D eigenvalue weighted by molar-refractivity contribution is 6.09. The first kappa shape index (κ1) is 26.3. The molecule has 0 fully saturated rings. The van der Waals surface area contributed by atoms with Crippen molar-refractivity contribution >= 4 is 32.8 Å². The number of para-hydroxylation sites is 1. The Morgan fingerprint density at radius 1 is 0.696 bits per heavy atom. The molecule has 46 heavy (non-hydrogen) atoms. The molecule has 0 atom stereocenters. The molecule has 4 aromatic carbocycles. The smallest absolute Gasteiger partial charge is 0.249 e. The summed E-state index contributed by atoms with van der Waals surface area (Å²) < 4.78 is 37.1. The fourth-order valence-corrected chi connectivity index (χ4v) is 6.24. The fraction of sp³-hybridized carbons (Fsp3) is 0.268. The number of rotatable bonds is 4. The van der Waals surface area contributed by atoms with Gasteiger partial charge in [-0.05, 0) is 102 Å². The summed E-state index contributed by atoms with van der Waals surface area (Å²) in [5, 5.41) is 2.27. The van der Waals surface area contributed by atoms with E-state index in [0.29, 0.717) is 17.0 Å². The van der Waals surface area contributed by atoms with Crippen molar-refractivity contribution in [1.29, 1.82) is 0 Å². The van der Waals surface area contributed by atoms with E-state index in [1.54, 1.807) is 6.33 Å². The van der Waals surface area contributed by atoms with Crippen LogP contribution in [0.5, 0.6) is 11.5 Å². The van der Waals surface area contributed by atoms with Gasteiger partial charge < -0.3 is 4.74 Å². The number of benzene rings is 4. The topological polar surface area (TPSA) is 35.9 Å². The molecule has 232 valence electrons. The van der Waals surface area contributed by atoms with E-state index in [1.807, 2.05) is 35.9 Å². The van der Waals surface area contributed by atoms with Gasteiger partial charge in [-0.15, -0.1) is 0 Å². The number of ether oxygens (including phenoxy) is 1. The molecule has 7 rings (SSSR count). The highest BCUT2D eigenvalue weighted by atomic mass is 16.5. The van der Waals surface area contributed by atoms with Gasteiger partial charge in [0.15, 0.2) is 11.0 Å². The van der Waals surface area contributed by atoms with Crippen LogP contribution >= 0.6 is 0 Å². The molecule has 0 bridgehead atoms. The molecule has 3 heterocycles. The predicted octanol–water partition coefficient (Wildman–Crippen LogP) is 9.95. The standard InChI is InChI=1S/C41H43N4O/c1-26-18-37-38(19-27(26)2)44(25-43(37)9)30-20-29(41(6,7)8)21-32(23-30)46-31-14-15-34-33-12-10-11-13-35(33)45(36(34)24-31)39-22-28(16-17-42-39)40(3,4)5/h10-25H,1-9H3/q+1/i9D3. The first-order valence-electron chi connectivity index (χ1n) is 17.4. The number of nitrogens with zero attached hydrogens (tertiary/aromatic N) is 4. The third kappa shape index (κ3) is 5.14. The summed E-state index contributed by atoms with van der Waals surface area (Å²) in [5.74, 6) is 2.23. The van der Waals surface area contributed by atoms with Crippen LogP contribution in [-0.2, 0) is 17.8 Å². The molecule has 3 aromatic heterocycles. The second kappa shape index (κ2) is 10.6. The quantitative estimate of drug-likeness (QED) is 0.186. The third-order valence-corrected chi connectivity index (χ3v) is 9.10. The third-order valence-electron chi connectivity index (χ3n) is 9.10. The Balaban J connectivity index is 1.40. The van der Waals surface area contributed by atoms with Crippen LogP contribution in [0.4, 0.5) is 0 Å². The Morgan fingerprint density at radius 2 is 1.43 bits per heavy atom. The Morgan fingerprint density at radius 3 is 2.20 bits per heavy atom. The van der Waals surface area contributed by atoms with Crippen molar-refractivity contribution in [2.24, 2.45) is 6.98 Å². The number of hydrogen-bond donors (Lipinski definition) is 0. The van der Waals surface area contributed by atoms with E-state index in [9.17, 15) is 0 Å². The Labute approximate surface area is 275 Å². The molecule has 0 aliphatic heterocycles. The number of aryl methyl sites for hydroxylation is 3. The van der Waals surface area contributed by atoms with Gasteiger partial charge in [0.25, 0.3) is 0 Å². The van der Waals surface area contributed by atoms with Crippen LogP contribution in [0.15, 0.2) is 97.5 Å². The highest BCUT2D eigenvalue weighted by Gasteiger charge is 2.23. The van der Waals surface area contributed by atoms with Crippen molar-refractivity contribution in [3.8, 4) is 23.0 Å². The molecule has 5 heteroatoms. The number of imidazole rings is 1. The van der Waals surface area contributed by atoms with E-state index in [0.717, 1.165) is 55.5 Å². The minimum Gasteiger partial charge on any atom is -0.457 e. The van der Waals surface area contributed by atoms with Crippen LogP contribution in [-0.4, -0.2) is 14.1 Å². The molecule has 0 radical (unpaired) electrons. The van der Waals surface area contributed by atoms with Crippen LogP contribution in [0.25, 0.3) is 44.3 Å². The van der Waals surface area contributed by atoms with Crippen molar-refractivity contribution in [3.05, 3.63) is 120 Å². The summed E-state index contributed by atoms with van der Waals surface area (Å²) in [6.45, 7) is 14.9. The molecule has 0 saturated heterocycles. The molecule has 0 spiro atoms. The van der Waals surface area contributed by atoms with Gasteiger partial charge in [0.2, 0.25) is 6.33 Å².